The van der Waals surface area contributed by atoms with Crippen molar-refractivity contribution < 1.29 is 9.53 Å². The molecule has 0 heterocycles. The lowest BCUT2D eigenvalue weighted by molar-refractivity contribution is -0.137. The lowest BCUT2D eigenvalue weighted by Crippen LogP contribution is -2.48. The van der Waals surface area contributed by atoms with Crippen LogP contribution >= 0.6 is 0 Å². The normalized spacial score (nSPS) is 25.5. The van der Waals surface area contributed by atoms with Gasteiger partial charge in [0.1, 0.15) is 0 Å². The smallest absolute Gasteiger partial charge is 0.330 e. The molecule has 0 aliphatic heterocycles. The van der Waals surface area contributed by atoms with Crippen LogP contribution in [0.3, 0.4) is 0 Å². The highest BCUT2D eigenvalue weighted by Gasteiger charge is 2.50. The SMILES string of the molecule is CC1(C)[C@H]2CC=C(CCOC(=O)/C=C/c3ccccc3)[C@H]1C2. The van der Waals surface area contributed by atoms with Crippen molar-refractivity contribution in [2.75, 3.05) is 6.61 Å². The van der Waals surface area contributed by atoms with Crippen LogP contribution in [-0.4, -0.2) is 12.6 Å². The van der Waals surface area contributed by atoms with E-state index in [-0.39, 0.29) is 5.97 Å². The maximum Gasteiger partial charge on any atom is 0.330 e. The molecule has 2 bridgehead atoms. The van der Waals surface area contributed by atoms with E-state index in [1.807, 2.05) is 30.3 Å². The van der Waals surface area contributed by atoms with Crippen molar-refractivity contribution in [2.24, 2.45) is 17.3 Å². The molecule has 0 aromatic heterocycles. The van der Waals surface area contributed by atoms with Gasteiger partial charge in [-0.05, 0) is 41.7 Å². The van der Waals surface area contributed by atoms with Crippen LogP contribution in [0.2, 0.25) is 0 Å². The second kappa shape index (κ2) is 6.12. The van der Waals surface area contributed by atoms with E-state index in [2.05, 4.69) is 19.9 Å². The first-order valence-corrected chi connectivity index (χ1v) is 8.16. The molecule has 0 spiro atoms. The Morgan fingerprint density at radius 2 is 2.09 bits per heavy atom. The Bertz CT molecular complexity index is 595. The summed E-state index contributed by atoms with van der Waals surface area (Å²) < 4.78 is 5.33. The topological polar surface area (TPSA) is 26.3 Å². The molecular weight excluding hydrogens is 272 g/mol. The monoisotopic (exact) mass is 296 g/mol. The molecule has 2 heteroatoms. The van der Waals surface area contributed by atoms with Crippen molar-refractivity contribution in [3.05, 3.63) is 53.6 Å². The summed E-state index contributed by atoms with van der Waals surface area (Å²) in [5.41, 5.74) is 2.95. The first-order chi connectivity index (χ1) is 10.6. The molecule has 0 radical (unpaired) electrons. The van der Waals surface area contributed by atoms with E-state index in [0.29, 0.717) is 17.9 Å². The van der Waals surface area contributed by atoms with Gasteiger partial charge < -0.3 is 4.74 Å². The number of ether oxygens (including phenoxy) is 1. The number of rotatable bonds is 5. The Kier molecular flexibility index (Phi) is 4.19. The molecule has 1 aromatic carbocycles. The number of allylic oxidation sites excluding steroid dienone is 1. The molecule has 3 aliphatic carbocycles. The highest BCUT2D eigenvalue weighted by molar-refractivity contribution is 5.87. The van der Waals surface area contributed by atoms with E-state index in [1.165, 1.54) is 24.5 Å². The lowest BCUT2D eigenvalue weighted by Gasteiger charge is -2.56. The fourth-order valence-electron chi connectivity index (χ4n) is 3.80. The predicted octanol–water partition coefficient (Wildman–Crippen LogP) is 4.63. The molecule has 1 saturated carbocycles. The Hall–Kier alpha value is -1.83. The molecule has 4 rings (SSSR count). The zero-order valence-corrected chi connectivity index (χ0v) is 13.4. The van der Waals surface area contributed by atoms with Gasteiger partial charge in [0.05, 0.1) is 6.61 Å². The average Bonchev–Trinajstić information content (AvgIpc) is 2.54. The van der Waals surface area contributed by atoms with Gasteiger partial charge in [0.15, 0.2) is 0 Å². The third-order valence-corrected chi connectivity index (χ3v) is 5.43. The lowest BCUT2D eigenvalue weighted by atomic mass is 9.48. The molecule has 2 nitrogen and oxygen atoms in total. The third-order valence-electron chi connectivity index (χ3n) is 5.43. The van der Waals surface area contributed by atoms with Gasteiger partial charge in [0.25, 0.3) is 0 Å². The van der Waals surface area contributed by atoms with Crippen LogP contribution in [0, 0.1) is 17.3 Å². The van der Waals surface area contributed by atoms with Crippen LogP contribution in [0.15, 0.2) is 48.1 Å². The summed E-state index contributed by atoms with van der Waals surface area (Å²) in [4.78, 5) is 11.7. The van der Waals surface area contributed by atoms with Crippen molar-refractivity contribution >= 4 is 12.0 Å². The summed E-state index contributed by atoms with van der Waals surface area (Å²) >= 11 is 0. The number of fused-ring (bicyclic) bond motifs is 1. The van der Waals surface area contributed by atoms with Crippen molar-refractivity contribution in [1.82, 2.24) is 0 Å². The first kappa shape index (κ1) is 15.1. The van der Waals surface area contributed by atoms with Crippen LogP contribution in [0.25, 0.3) is 6.08 Å². The van der Waals surface area contributed by atoms with Gasteiger partial charge in [0, 0.05) is 12.5 Å². The van der Waals surface area contributed by atoms with Crippen molar-refractivity contribution in [3.8, 4) is 0 Å². The van der Waals surface area contributed by atoms with E-state index in [9.17, 15) is 4.79 Å². The Balaban J connectivity index is 1.45. The number of benzene rings is 1. The summed E-state index contributed by atoms with van der Waals surface area (Å²) in [5.74, 6) is 1.30. The van der Waals surface area contributed by atoms with Crippen LogP contribution in [0.5, 0.6) is 0 Å². The van der Waals surface area contributed by atoms with E-state index >= 15 is 0 Å². The largest absolute Gasteiger partial charge is 0.462 e. The van der Waals surface area contributed by atoms with Crippen LogP contribution in [0.4, 0.5) is 0 Å². The second-order valence-corrected chi connectivity index (χ2v) is 6.98. The second-order valence-electron chi connectivity index (χ2n) is 6.98. The standard InChI is InChI=1S/C20H24O2/c1-20(2)17-10-9-16(18(20)14-17)12-13-22-19(21)11-8-15-6-4-3-5-7-15/h3-9,11,17-18H,10,12-14H2,1-2H3/b11-8+/t17-,18+/m0/s1. The average molecular weight is 296 g/mol. The summed E-state index contributed by atoms with van der Waals surface area (Å²) in [6.45, 7) is 5.22. The fraction of sp³-hybridized carbons (Fsp3) is 0.450. The third kappa shape index (κ3) is 3.01. The van der Waals surface area contributed by atoms with E-state index in [1.54, 1.807) is 6.08 Å². The van der Waals surface area contributed by atoms with E-state index in [4.69, 9.17) is 4.74 Å². The van der Waals surface area contributed by atoms with Crippen LogP contribution in [-0.2, 0) is 9.53 Å². The number of esters is 1. The molecule has 0 amide bonds. The van der Waals surface area contributed by atoms with Crippen molar-refractivity contribution in [2.45, 2.75) is 33.1 Å². The van der Waals surface area contributed by atoms with Gasteiger partial charge in [-0.15, -0.1) is 0 Å². The fourth-order valence-corrected chi connectivity index (χ4v) is 3.80. The highest BCUT2D eigenvalue weighted by atomic mass is 16.5. The maximum atomic E-state index is 11.7. The molecule has 1 fully saturated rings. The Morgan fingerprint density at radius 1 is 1.32 bits per heavy atom. The number of hydrogen-bond acceptors (Lipinski definition) is 2. The molecule has 1 aromatic rings. The molecule has 0 saturated heterocycles. The minimum Gasteiger partial charge on any atom is -0.462 e. The zero-order valence-electron chi connectivity index (χ0n) is 13.4. The first-order valence-electron chi connectivity index (χ1n) is 8.16. The van der Waals surface area contributed by atoms with Gasteiger partial charge in [-0.2, -0.15) is 0 Å². The number of carbonyl (C=O) groups excluding carboxylic acids is 1. The van der Waals surface area contributed by atoms with E-state index < -0.39 is 0 Å². The number of carbonyl (C=O) groups is 1. The molecular formula is C20H24O2. The van der Waals surface area contributed by atoms with Crippen LogP contribution in [0.1, 0.15) is 38.7 Å². The van der Waals surface area contributed by atoms with Gasteiger partial charge in [0.2, 0.25) is 0 Å². The van der Waals surface area contributed by atoms with Crippen molar-refractivity contribution in [1.29, 1.82) is 0 Å². The maximum absolute atomic E-state index is 11.7. The van der Waals surface area contributed by atoms with Gasteiger partial charge >= 0.3 is 5.97 Å². The zero-order chi connectivity index (χ0) is 15.6. The van der Waals surface area contributed by atoms with Gasteiger partial charge in [-0.1, -0.05) is 55.8 Å². The van der Waals surface area contributed by atoms with Crippen molar-refractivity contribution in [3.63, 3.8) is 0 Å². The molecule has 3 aliphatic rings. The molecule has 116 valence electrons. The number of hydrogen-bond donors (Lipinski definition) is 0. The summed E-state index contributed by atoms with van der Waals surface area (Å²) in [6.07, 6.45) is 9.07. The minimum atomic E-state index is -0.258. The molecule has 0 N–H and O–H groups in total. The van der Waals surface area contributed by atoms with Gasteiger partial charge in [-0.25, -0.2) is 4.79 Å². The quantitative estimate of drug-likeness (QED) is 0.450. The Morgan fingerprint density at radius 3 is 2.77 bits per heavy atom. The summed E-state index contributed by atoms with van der Waals surface area (Å²) in [7, 11) is 0. The summed E-state index contributed by atoms with van der Waals surface area (Å²) in [5, 5.41) is 0. The molecule has 0 unspecified atom stereocenters. The van der Waals surface area contributed by atoms with E-state index in [0.717, 1.165) is 17.9 Å². The summed E-state index contributed by atoms with van der Waals surface area (Å²) in [6, 6.07) is 9.79. The molecule has 2 atom stereocenters. The highest BCUT2D eigenvalue weighted by Crippen LogP contribution is 2.59. The minimum absolute atomic E-state index is 0.258. The van der Waals surface area contributed by atoms with Gasteiger partial charge in [-0.3, -0.25) is 0 Å². The predicted molar refractivity (Wildman–Crippen MR) is 89.1 cm³/mol. The Labute approximate surface area is 132 Å². The van der Waals surface area contributed by atoms with Crippen LogP contribution < -0.4 is 0 Å². The molecule has 22 heavy (non-hydrogen) atoms.